The van der Waals surface area contributed by atoms with Crippen LogP contribution in [0.4, 0.5) is 17.1 Å². The maximum absolute atomic E-state index is 13.6. The predicted molar refractivity (Wildman–Crippen MR) is 136 cm³/mol. The van der Waals surface area contributed by atoms with E-state index in [1.165, 1.54) is 11.8 Å². The molecule has 172 valence electrons. The van der Waals surface area contributed by atoms with Gasteiger partial charge in [0.25, 0.3) is 11.8 Å². The van der Waals surface area contributed by atoms with Gasteiger partial charge in [0.1, 0.15) is 5.70 Å². The maximum Gasteiger partial charge on any atom is 0.282 e. The molecular weight excluding hydrogens is 426 g/mol. The summed E-state index contributed by atoms with van der Waals surface area (Å²) in [5.41, 5.74) is 6.21. The number of imide groups is 1. The number of hydrogen-bond acceptors (Lipinski definition) is 4. The van der Waals surface area contributed by atoms with E-state index in [1.807, 2.05) is 44.2 Å². The Hall–Kier alpha value is -4.19. The Labute approximate surface area is 199 Å². The number of carbonyl (C=O) groups excluding carboxylic acids is 3. The van der Waals surface area contributed by atoms with Gasteiger partial charge in [-0.2, -0.15) is 0 Å². The van der Waals surface area contributed by atoms with Gasteiger partial charge in [-0.15, -0.1) is 0 Å². The Morgan fingerprint density at radius 3 is 2.00 bits per heavy atom. The zero-order chi connectivity index (χ0) is 24.4. The predicted octanol–water partition coefficient (Wildman–Crippen LogP) is 5.22. The maximum atomic E-state index is 13.6. The van der Waals surface area contributed by atoms with E-state index in [4.69, 9.17) is 0 Å². The van der Waals surface area contributed by atoms with Crippen molar-refractivity contribution >= 4 is 40.4 Å². The van der Waals surface area contributed by atoms with Crippen LogP contribution < -0.4 is 15.5 Å². The Kier molecular flexibility index (Phi) is 6.32. The van der Waals surface area contributed by atoms with Gasteiger partial charge in [-0.1, -0.05) is 37.3 Å². The van der Waals surface area contributed by atoms with E-state index >= 15 is 0 Å². The third kappa shape index (κ3) is 4.62. The molecule has 2 N–H and O–H groups in total. The summed E-state index contributed by atoms with van der Waals surface area (Å²) in [6.45, 7) is 7.45. The van der Waals surface area contributed by atoms with Gasteiger partial charge in [0.05, 0.1) is 11.3 Å². The summed E-state index contributed by atoms with van der Waals surface area (Å²) in [4.78, 5) is 39.8. The second kappa shape index (κ2) is 9.35. The number of rotatable bonds is 6. The van der Waals surface area contributed by atoms with Crippen LogP contribution in [-0.2, 0) is 20.8 Å². The first kappa shape index (κ1) is 23.0. The highest BCUT2D eigenvalue weighted by Crippen LogP contribution is 2.34. The average molecular weight is 454 g/mol. The molecule has 0 fully saturated rings. The molecule has 0 saturated carbocycles. The molecule has 4 rings (SSSR count). The first-order valence-corrected chi connectivity index (χ1v) is 11.2. The molecule has 6 nitrogen and oxygen atoms in total. The van der Waals surface area contributed by atoms with Crippen molar-refractivity contribution < 1.29 is 14.4 Å². The lowest BCUT2D eigenvalue weighted by Gasteiger charge is -2.16. The molecule has 1 aliphatic rings. The van der Waals surface area contributed by atoms with E-state index < -0.39 is 11.8 Å². The van der Waals surface area contributed by atoms with Crippen molar-refractivity contribution in [3.05, 3.63) is 94.7 Å². The minimum Gasteiger partial charge on any atom is -0.350 e. The minimum absolute atomic E-state index is 0.182. The average Bonchev–Trinajstić information content (AvgIpc) is 3.03. The van der Waals surface area contributed by atoms with Gasteiger partial charge >= 0.3 is 0 Å². The highest BCUT2D eigenvalue weighted by Gasteiger charge is 2.40. The fraction of sp³-hybridized carbons (Fsp3) is 0.179. The van der Waals surface area contributed by atoms with Crippen LogP contribution in [0.1, 0.15) is 36.1 Å². The van der Waals surface area contributed by atoms with Crippen LogP contribution >= 0.6 is 0 Å². The highest BCUT2D eigenvalue weighted by atomic mass is 16.2. The number of aryl methyl sites for hydroxylation is 3. The summed E-state index contributed by atoms with van der Waals surface area (Å²) in [6.07, 6.45) is 0.867. The second-order valence-electron chi connectivity index (χ2n) is 8.48. The van der Waals surface area contributed by atoms with Gasteiger partial charge in [-0.05, 0) is 78.9 Å². The van der Waals surface area contributed by atoms with Crippen LogP contribution in [0.2, 0.25) is 0 Å². The van der Waals surface area contributed by atoms with E-state index in [0.29, 0.717) is 16.9 Å². The lowest BCUT2D eigenvalue weighted by atomic mass is 10.0. The van der Waals surface area contributed by atoms with Crippen molar-refractivity contribution in [2.24, 2.45) is 0 Å². The SMILES string of the molecule is CCc1ccc(N2C(=O)C(Nc3cc(C)cc(C)c3)=C(c3ccc(NC(C)=O)cc3)C2=O)cc1. The Bertz CT molecular complexity index is 1290. The van der Waals surface area contributed by atoms with Crippen molar-refractivity contribution in [2.45, 2.75) is 34.1 Å². The second-order valence-corrected chi connectivity index (χ2v) is 8.48. The van der Waals surface area contributed by atoms with E-state index in [0.717, 1.165) is 28.8 Å². The van der Waals surface area contributed by atoms with Crippen molar-refractivity contribution in [2.75, 3.05) is 15.5 Å². The lowest BCUT2D eigenvalue weighted by molar-refractivity contribution is -0.120. The van der Waals surface area contributed by atoms with Crippen LogP contribution in [0.5, 0.6) is 0 Å². The third-order valence-corrected chi connectivity index (χ3v) is 5.67. The minimum atomic E-state index is -0.408. The fourth-order valence-electron chi connectivity index (χ4n) is 4.14. The fourth-order valence-corrected chi connectivity index (χ4v) is 4.14. The first-order chi connectivity index (χ1) is 16.3. The van der Waals surface area contributed by atoms with E-state index in [1.54, 1.807) is 36.4 Å². The molecule has 3 aromatic carbocycles. The molecule has 0 radical (unpaired) electrons. The number of nitrogens with zero attached hydrogens (tertiary/aromatic N) is 1. The summed E-state index contributed by atoms with van der Waals surface area (Å²) in [7, 11) is 0. The summed E-state index contributed by atoms with van der Waals surface area (Å²) < 4.78 is 0. The van der Waals surface area contributed by atoms with Crippen molar-refractivity contribution in [3.8, 4) is 0 Å². The molecule has 1 aliphatic heterocycles. The van der Waals surface area contributed by atoms with E-state index in [-0.39, 0.29) is 17.2 Å². The number of carbonyl (C=O) groups is 3. The number of nitrogens with one attached hydrogen (secondary N) is 2. The zero-order valence-electron chi connectivity index (χ0n) is 19.7. The molecule has 0 saturated heterocycles. The molecule has 34 heavy (non-hydrogen) atoms. The third-order valence-electron chi connectivity index (χ3n) is 5.67. The molecule has 3 amide bonds. The molecule has 0 spiro atoms. The molecule has 0 bridgehead atoms. The summed E-state index contributed by atoms with van der Waals surface area (Å²) >= 11 is 0. The molecule has 1 heterocycles. The van der Waals surface area contributed by atoms with Gasteiger partial charge < -0.3 is 10.6 Å². The topological polar surface area (TPSA) is 78.5 Å². The van der Waals surface area contributed by atoms with Crippen LogP contribution in [-0.4, -0.2) is 17.7 Å². The van der Waals surface area contributed by atoms with Gasteiger partial charge in [0, 0.05) is 18.3 Å². The molecule has 0 aliphatic carbocycles. The largest absolute Gasteiger partial charge is 0.350 e. The number of anilines is 3. The van der Waals surface area contributed by atoms with Crippen LogP contribution in [0, 0.1) is 13.8 Å². The van der Waals surface area contributed by atoms with Crippen molar-refractivity contribution in [1.29, 1.82) is 0 Å². The Balaban J connectivity index is 1.78. The van der Waals surface area contributed by atoms with Gasteiger partial charge in [-0.3, -0.25) is 14.4 Å². The molecule has 0 atom stereocenters. The van der Waals surface area contributed by atoms with Crippen LogP contribution in [0.3, 0.4) is 0 Å². The van der Waals surface area contributed by atoms with Gasteiger partial charge in [0.15, 0.2) is 0 Å². The lowest BCUT2D eigenvalue weighted by Crippen LogP contribution is -2.32. The molecule has 0 unspecified atom stereocenters. The Morgan fingerprint density at radius 1 is 0.824 bits per heavy atom. The quantitative estimate of drug-likeness (QED) is 0.502. The number of benzene rings is 3. The highest BCUT2D eigenvalue weighted by molar-refractivity contribution is 6.46. The standard InChI is InChI=1S/C28H27N3O3/c1-5-20-6-12-24(13-7-20)31-27(33)25(21-8-10-22(11-9-21)29-19(4)32)26(28(31)34)30-23-15-17(2)14-18(3)16-23/h6-16,30H,5H2,1-4H3,(H,29,32). The number of amides is 3. The smallest absolute Gasteiger partial charge is 0.282 e. The van der Waals surface area contributed by atoms with Crippen molar-refractivity contribution in [3.63, 3.8) is 0 Å². The zero-order valence-corrected chi connectivity index (χ0v) is 19.7. The molecule has 3 aromatic rings. The summed E-state index contributed by atoms with van der Waals surface area (Å²) in [6, 6.07) is 20.3. The monoisotopic (exact) mass is 453 g/mol. The summed E-state index contributed by atoms with van der Waals surface area (Å²) in [5.74, 6) is -0.985. The van der Waals surface area contributed by atoms with Crippen molar-refractivity contribution in [1.82, 2.24) is 0 Å². The van der Waals surface area contributed by atoms with Gasteiger partial charge in [0.2, 0.25) is 5.91 Å². The first-order valence-electron chi connectivity index (χ1n) is 11.2. The summed E-state index contributed by atoms with van der Waals surface area (Å²) in [5, 5.41) is 5.94. The normalized spacial score (nSPS) is 13.5. The molecule has 0 aromatic heterocycles. The van der Waals surface area contributed by atoms with Gasteiger partial charge in [-0.25, -0.2) is 4.90 Å². The molecular formula is C28H27N3O3. The van der Waals surface area contributed by atoms with E-state index in [9.17, 15) is 14.4 Å². The molecule has 6 heteroatoms. The van der Waals surface area contributed by atoms with Crippen LogP contribution in [0.15, 0.2) is 72.4 Å². The Morgan fingerprint density at radius 2 is 1.44 bits per heavy atom. The number of hydrogen-bond donors (Lipinski definition) is 2. The van der Waals surface area contributed by atoms with E-state index in [2.05, 4.69) is 17.6 Å². The van der Waals surface area contributed by atoms with Crippen LogP contribution in [0.25, 0.3) is 5.57 Å².